The average molecular weight is 398 g/mol. The Kier molecular flexibility index (Phi) is 6.45. The van der Waals surface area contributed by atoms with Gasteiger partial charge in [0.05, 0.1) is 25.8 Å². The molecule has 28 heavy (non-hydrogen) atoms. The van der Waals surface area contributed by atoms with Gasteiger partial charge >= 0.3 is 0 Å². The Bertz CT molecular complexity index is 999. The third-order valence-electron chi connectivity index (χ3n) is 4.18. The number of methoxy groups -OCH3 is 1. The summed E-state index contributed by atoms with van der Waals surface area (Å²) in [6, 6.07) is 17.7. The highest BCUT2D eigenvalue weighted by molar-refractivity contribution is 6.30. The molecule has 0 fully saturated rings. The van der Waals surface area contributed by atoms with Crippen molar-refractivity contribution in [3.8, 4) is 17.0 Å². The number of amides is 1. The summed E-state index contributed by atoms with van der Waals surface area (Å²) in [6.07, 6.45) is 0.261. The van der Waals surface area contributed by atoms with Crippen LogP contribution in [0, 0.1) is 0 Å². The van der Waals surface area contributed by atoms with E-state index in [9.17, 15) is 9.59 Å². The Balaban J connectivity index is 1.57. The van der Waals surface area contributed by atoms with E-state index in [0.29, 0.717) is 17.3 Å². The van der Waals surface area contributed by atoms with Crippen LogP contribution >= 0.6 is 11.6 Å². The van der Waals surface area contributed by atoms with Crippen molar-refractivity contribution in [2.75, 3.05) is 13.7 Å². The smallest absolute Gasteiger partial charge is 0.266 e. The summed E-state index contributed by atoms with van der Waals surface area (Å²) in [5.74, 6) is 0.627. The van der Waals surface area contributed by atoms with Gasteiger partial charge in [0.25, 0.3) is 5.56 Å². The number of ether oxygens (including phenoxy) is 1. The SMILES string of the molecule is COc1ccc(CC(=O)NCCn2nc(-c3ccc(Cl)cc3)ccc2=O)cc1. The summed E-state index contributed by atoms with van der Waals surface area (Å²) in [4.78, 5) is 24.1. The predicted molar refractivity (Wildman–Crippen MR) is 109 cm³/mol. The molecule has 3 rings (SSSR count). The van der Waals surface area contributed by atoms with Gasteiger partial charge in [-0.05, 0) is 35.9 Å². The van der Waals surface area contributed by atoms with Crippen molar-refractivity contribution in [1.29, 1.82) is 0 Å². The van der Waals surface area contributed by atoms with E-state index in [0.717, 1.165) is 16.9 Å². The molecule has 0 aliphatic rings. The second-order valence-electron chi connectivity index (χ2n) is 6.16. The fourth-order valence-electron chi connectivity index (χ4n) is 2.68. The second-order valence-corrected chi connectivity index (χ2v) is 6.60. The quantitative estimate of drug-likeness (QED) is 0.665. The minimum Gasteiger partial charge on any atom is -0.497 e. The maximum absolute atomic E-state index is 12.1. The van der Waals surface area contributed by atoms with Crippen molar-refractivity contribution in [3.63, 3.8) is 0 Å². The molecule has 0 saturated heterocycles. The molecule has 0 aliphatic carbocycles. The van der Waals surface area contributed by atoms with E-state index in [-0.39, 0.29) is 24.4 Å². The zero-order valence-corrected chi connectivity index (χ0v) is 16.1. The molecule has 0 unspecified atom stereocenters. The molecule has 0 bridgehead atoms. The van der Waals surface area contributed by atoms with Gasteiger partial charge in [0.15, 0.2) is 0 Å². The third-order valence-corrected chi connectivity index (χ3v) is 4.43. The van der Waals surface area contributed by atoms with Crippen LogP contribution in [-0.2, 0) is 17.8 Å². The van der Waals surface area contributed by atoms with Gasteiger partial charge in [-0.1, -0.05) is 35.9 Å². The summed E-state index contributed by atoms with van der Waals surface area (Å²) in [6.45, 7) is 0.598. The lowest BCUT2D eigenvalue weighted by molar-refractivity contribution is -0.120. The van der Waals surface area contributed by atoms with Crippen LogP contribution < -0.4 is 15.6 Å². The molecule has 1 heterocycles. The van der Waals surface area contributed by atoms with Crippen LogP contribution in [-0.4, -0.2) is 29.3 Å². The summed E-state index contributed by atoms with van der Waals surface area (Å²) in [7, 11) is 1.60. The number of hydrogen-bond donors (Lipinski definition) is 1. The fourth-order valence-corrected chi connectivity index (χ4v) is 2.80. The molecule has 6 nitrogen and oxygen atoms in total. The lowest BCUT2D eigenvalue weighted by Crippen LogP contribution is -2.32. The van der Waals surface area contributed by atoms with Crippen molar-refractivity contribution >= 4 is 17.5 Å². The van der Waals surface area contributed by atoms with Gasteiger partial charge in [-0.3, -0.25) is 9.59 Å². The van der Waals surface area contributed by atoms with E-state index in [1.807, 2.05) is 36.4 Å². The summed E-state index contributed by atoms with van der Waals surface area (Å²) in [5.41, 5.74) is 2.20. The zero-order chi connectivity index (χ0) is 19.9. The van der Waals surface area contributed by atoms with Gasteiger partial charge < -0.3 is 10.1 Å². The fraction of sp³-hybridized carbons (Fsp3) is 0.190. The van der Waals surface area contributed by atoms with Gasteiger partial charge in [0.1, 0.15) is 5.75 Å². The number of nitrogens with zero attached hydrogens (tertiary/aromatic N) is 2. The minimum absolute atomic E-state index is 0.118. The molecule has 1 amide bonds. The molecule has 0 aliphatic heterocycles. The molecule has 0 radical (unpaired) electrons. The summed E-state index contributed by atoms with van der Waals surface area (Å²) in [5, 5.41) is 7.82. The van der Waals surface area contributed by atoms with E-state index in [4.69, 9.17) is 16.3 Å². The van der Waals surface area contributed by atoms with E-state index >= 15 is 0 Å². The third kappa shape index (κ3) is 5.20. The van der Waals surface area contributed by atoms with Crippen LogP contribution in [0.25, 0.3) is 11.3 Å². The van der Waals surface area contributed by atoms with Crippen LogP contribution in [0.15, 0.2) is 65.5 Å². The van der Waals surface area contributed by atoms with Gasteiger partial charge in [-0.15, -0.1) is 0 Å². The largest absolute Gasteiger partial charge is 0.497 e. The minimum atomic E-state index is -0.220. The number of rotatable bonds is 7. The Hall–Kier alpha value is -3.12. The lowest BCUT2D eigenvalue weighted by atomic mass is 10.1. The number of nitrogens with one attached hydrogen (secondary N) is 1. The molecule has 0 spiro atoms. The number of carbonyl (C=O) groups is 1. The Morgan fingerprint density at radius 2 is 1.79 bits per heavy atom. The van der Waals surface area contributed by atoms with E-state index in [2.05, 4.69) is 10.4 Å². The highest BCUT2D eigenvalue weighted by Gasteiger charge is 2.06. The molecule has 7 heteroatoms. The molecule has 1 N–H and O–H groups in total. The van der Waals surface area contributed by atoms with E-state index in [1.54, 1.807) is 25.3 Å². The van der Waals surface area contributed by atoms with Crippen LogP contribution in [0.4, 0.5) is 0 Å². The van der Waals surface area contributed by atoms with Crippen LogP contribution in [0.2, 0.25) is 5.02 Å². The van der Waals surface area contributed by atoms with Crippen LogP contribution in [0.3, 0.4) is 0 Å². The number of carbonyl (C=O) groups excluding carboxylic acids is 1. The molecule has 3 aromatic rings. The van der Waals surface area contributed by atoms with Crippen molar-refractivity contribution in [2.45, 2.75) is 13.0 Å². The lowest BCUT2D eigenvalue weighted by Gasteiger charge is -2.09. The Morgan fingerprint density at radius 3 is 2.46 bits per heavy atom. The van der Waals surface area contributed by atoms with E-state index in [1.165, 1.54) is 10.7 Å². The number of hydrogen-bond acceptors (Lipinski definition) is 4. The molecule has 2 aromatic carbocycles. The first-order valence-corrected chi connectivity index (χ1v) is 9.17. The number of benzene rings is 2. The highest BCUT2D eigenvalue weighted by atomic mass is 35.5. The Labute approximate surface area is 167 Å². The standard InChI is InChI=1S/C21H20ClN3O3/c1-28-18-8-2-15(3-9-18)14-20(26)23-12-13-25-21(27)11-10-19(24-25)16-4-6-17(22)7-5-16/h2-11H,12-14H2,1H3,(H,23,26). The van der Waals surface area contributed by atoms with Gasteiger partial charge in [0.2, 0.25) is 5.91 Å². The molecule has 0 saturated carbocycles. The first-order valence-electron chi connectivity index (χ1n) is 8.79. The normalized spacial score (nSPS) is 10.5. The van der Waals surface area contributed by atoms with Gasteiger partial charge in [-0.2, -0.15) is 5.10 Å². The monoisotopic (exact) mass is 397 g/mol. The predicted octanol–water partition coefficient (Wildman–Crippen LogP) is 2.93. The van der Waals surface area contributed by atoms with Crippen LogP contribution in [0.1, 0.15) is 5.56 Å². The number of halogens is 1. The van der Waals surface area contributed by atoms with Gasteiger partial charge in [0, 0.05) is 23.2 Å². The van der Waals surface area contributed by atoms with Crippen molar-refractivity contribution in [3.05, 3.63) is 81.6 Å². The molecule has 1 aromatic heterocycles. The van der Waals surface area contributed by atoms with Crippen LogP contribution in [0.5, 0.6) is 5.75 Å². The first kappa shape index (κ1) is 19.6. The molecule has 144 valence electrons. The molecular weight excluding hydrogens is 378 g/mol. The average Bonchev–Trinajstić information content (AvgIpc) is 2.70. The molecular formula is C21H20ClN3O3. The Morgan fingerprint density at radius 1 is 1.07 bits per heavy atom. The first-order chi connectivity index (χ1) is 13.5. The van der Waals surface area contributed by atoms with Crippen molar-refractivity contribution in [1.82, 2.24) is 15.1 Å². The second kappa shape index (κ2) is 9.19. The van der Waals surface area contributed by atoms with Crippen molar-refractivity contribution < 1.29 is 9.53 Å². The topological polar surface area (TPSA) is 73.2 Å². The maximum atomic E-state index is 12.1. The highest BCUT2D eigenvalue weighted by Crippen LogP contribution is 2.18. The van der Waals surface area contributed by atoms with Gasteiger partial charge in [-0.25, -0.2) is 4.68 Å². The van der Waals surface area contributed by atoms with Crippen molar-refractivity contribution in [2.24, 2.45) is 0 Å². The summed E-state index contributed by atoms with van der Waals surface area (Å²) >= 11 is 5.90. The van der Waals surface area contributed by atoms with E-state index < -0.39 is 0 Å². The zero-order valence-electron chi connectivity index (χ0n) is 15.4. The summed E-state index contributed by atoms with van der Waals surface area (Å²) < 4.78 is 6.45. The molecule has 0 atom stereocenters. The number of aromatic nitrogens is 2. The maximum Gasteiger partial charge on any atom is 0.266 e.